The lowest BCUT2D eigenvalue weighted by Crippen LogP contribution is -2.38. The first-order valence-electron chi connectivity index (χ1n) is 7.17. The van der Waals surface area contributed by atoms with Crippen molar-refractivity contribution in [3.8, 4) is 0 Å². The van der Waals surface area contributed by atoms with Crippen molar-refractivity contribution in [3.05, 3.63) is 34.9 Å². The van der Waals surface area contributed by atoms with E-state index in [9.17, 15) is 14.7 Å². The summed E-state index contributed by atoms with van der Waals surface area (Å²) in [5.41, 5.74) is 2.77. The Morgan fingerprint density at radius 1 is 1.24 bits per heavy atom. The summed E-state index contributed by atoms with van der Waals surface area (Å²) >= 11 is 1.84. The van der Waals surface area contributed by atoms with Gasteiger partial charge < -0.3 is 10.4 Å². The van der Waals surface area contributed by atoms with Crippen molar-refractivity contribution in [1.82, 2.24) is 5.32 Å². The van der Waals surface area contributed by atoms with Crippen molar-refractivity contribution in [2.45, 2.75) is 32.7 Å². The summed E-state index contributed by atoms with van der Waals surface area (Å²) in [4.78, 5) is 23.8. The van der Waals surface area contributed by atoms with Gasteiger partial charge in [0, 0.05) is 5.92 Å². The number of thioether (sulfide) groups is 1. The van der Waals surface area contributed by atoms with Crippen molar-refractivity contribution in [2.24, 2.45) is 5.92 Å². The predicted octanol–water partition coefficient (Wildman–Crippen LogP) is 2.69. The van der Waals surface area contributed by atoms with Gasteiger partial charge in [0.25, 0.3) is 0 Å². The average molecular weight is 307 g/mol. The quantitative estimate of drug-likeness (QED) is 0.897. The largest absolute Gasteiger partial charge is 0.479 e. The molecule has 1 fully saturated rings. The van der Waals surface area contributed by atoms with Gasteiger partial charge in [-0.15, -0.1) is 0 Å². The van der Waals surface area contributed by atoms with Crippen LogP contribution >= 0.6 is 11.8 Å². The van der Waals surface area contributed by atoms with Gasteiger partial charge >= 0.3 is 5.97 Å². The Kier molecular flexibility index (Phi) is 5.28. The predicted molar refractivity (Wildman–Crippen MR) is 84.5 cm³/mol. The number of hydrogen-bond donors (Lipinski definition) is 2. The lowest BCUT2D eigenvalue weighted by Gasteiger charge is -2.23. The third kappa shape index (κ3) is 4.00. The number of aliphatic carboxylic acids is 1. The highest BCUT2D eigenvalue weighted by molar-refractivity contribution is 7.99. The summed E-state index contributed by atoms with van der Waals surface area (Å²) < 4.78 is 0. The molecule has 1 aromatic rings. The van der Waals surface area contributed by atoms with Crippen LogP contribution in [0.15, 0.2) is 18.2 Å². The van der Waals surface area contributed by atoms with Crippen molar-refractivity contribution in [1.29, 1.82) is 0 Å². The van der Waals surface area contributed by atoms with Crippen molar-refractivity contribution in [2.75, 3.05) is 11.5 Å². The molecule has 21 heavy (non-hydrogen) atoms. The van der Waals surface area contributed by atoms with E-state index in [0.29, 0.717) is 5.56 Å². The van der Waals surface area contributed by atoms with Crippen LogP contribution < -0.4 is 5.32 Å². The van der Waals surface area contributed by atoms with Crippen molar-refractivity contribution in [3.63, 3.8) is 0 Å². The number of carbonyl (C=O) groups is 2. The summed E-state index contributed by atoms with van der Waals surface area (Å²) in [5, 5.41) is 12.1. The number of carboxylic acids is 1. The number of carbonyl (C=O) groups excluding carboxylic acids is 1. The molecule has 2 rings (SSSR count). The molecule has 0 radical (unpaired) electrons. The minimum atomic E-state index is -1.02. The Labute approximate surface area is 129 Å². The first kappa shape index (κ1) is 15.9. The fraction of sp³-hybridized carbons (Fsp3) is 0.500. The van der Waals surface area contributed by atoms with Gasteiger partial charge in [0.15, 0.2) is 6.04 Å². The molecule has 1 saturated heterocycles. The molecule has 1 heterocycles. The van der Waals surface area contributed by atoms with E-state index in [1.165, 1.54) is 0 Å². The van der Waals surface area contributed by atoms with Gasteiger partial charge in [-0.25, -0.2) is 4.79 Å². The number of nitrogens with one attached hydrogen (secondary N) is 1. The van der Waals surface area contributed by atoms with Crippen LogP contribution in [0.1, 0.15) is 35.6 Å². The standard InChI is InChI=1S/C16H21NO3S/c1-10-3-4-13(9-11(10)2)14(16(19)20)17-15(18)12-5-7-21-8-6-12/h3-4,9,12,14H,5-8H2,1-2H3,(H,17,18)(H,19,20). The Balaban J connectivity index is 2.13. The van der Waals surface area contributed by atoms with Crippen LogP contribution in [-0.2, 0) is 9.59 Å². The molecule has 0 saturated carbocycles. The molecule has 1 amide bonds. The molecule has 1 atom stereocenters. The molecular formula is C16H21NO3S. The molecule has 114 valence electrons. The van der Waals surface area contributed by atoms with Gasteiger partial charge in [-0.2, -0.15) is 11.8 Å². The normalized spacial score (nSPS) is 17.2. The fourth-order valence-corrected chi connectivity index (χ4v) is 3.56. The smallest absolute Gasteiger partial charge is 0.330 e. The summed E-state index contributed by atoms with van der Waals surface area (Å²) in [6, 6.07) is 4.54. The van der Waals surface area contributed by atoms with Gasteiger partial charge in [0.2, 0.25) is 5.91 Å². The van der Waals surface area contributed by atoms with Crippen LogP contribution in [0.4, 0.5) is 0 Å². The van der Waals surface area contributed by atoms with Gasteiger partial charge in [-0.05, 0) is 54.9 Å². The highest BCUT2D eigenvalue weighted by Crippen LogP contribution is 2.24. The first-order valence-corrected chi connectivity index (χ1v) is 8.32. The SMILES string of the molecule is Cc1ccc(C(NC(=O)C2CCSCC2)C(=O)O)cc1C. The molecule has 0 bridgehead atoms. The van der Waals surface area contributed by atoms with E-state index >= 15 is 0 Å². The zero-order valence-corrected chi connectivity index (χ0v) is 13.2. The summed E-state index contributed by atoms with van der Waals surface area (Å²) in [7, 11) is 0. The van der Waals surface area contributed by atoms with Crippen molar-refractivity contribution >= 4 is 23.6 Å². The number of carboxylic acid groups (broad SMARTS) is 1. The Hall–Kier alpha value is -1.49. The Bertz CT molecular complexity index is 538. The molecule has 1 aliphatic rings. The maximum absolute atomic E-state index is 12.3. The van der Waals surface area contributed by atoms with E-state index in [0.717, 1.165) is 35.5 Å². The van der Waals surface area contributed by atoms with E-state index in [-0.39, 0.29) is 11.8 Å². The number of rotatable bonds is 4. The van der Waals surface area contributed by atoms with Gasteiger partial charge in [0.1, 0.15) is 0 Å². The fourth-order valence-electron chi connectivity index (χ4n) is 2.45. The first-order chi connectivity index (χ1) is 9.99. The summed E-state index contributed by atoms with van der Waals surface area (Å²) in [6.07, 6.45) is 1.66. The number of aryl methyl sites for hydroxylation is 2. The number of benzene rings is 1. The van der Waals surface area contributed by atoms with Gasteiger partial charge in [0.05, 0.1) is 0 Å². The molecular weight excluding hydrogens is 286 g/mol. The highest BCUT2D eigenvalue weighted by Gasteiger charge is 2.27. The van der Waals surface area contributed by atoms with E-state index in [2.05, 4.69) is 5.32 Å². The van der Waals surface area contributed by atoms with Crippen LogP contribution in [0.5, 0.6) is 0 Å². The summed E-state index contributed by atoms with van der Waals surface area (Å²) in [6.45, 7) is 3.92. The maximum atomic E-state index is 12.3. The van der Waals surface area contributed by atoms with Gasteiger partial charge in [-0.3, -0.25) is 4.79 Å². The van der Waals surface area contributed by atoms with E-state index in [4.69, 9.17) is 0 Å². The minimum Gasteiger partial charge on any atom is -0.479 e. The lowest BCUT2D eigenvalue weighted by atomic mass is 9.98. The lowest BCUT2D eigenvalue weighted by molar-refractivity contribution is -0.142. The van der Waals surface area contributed by atoms with E-state index in [1.54, 1.807) is 6.07 Å². The second-order valence-corrected chi connectivity index (χ2v) is 6.73. The second kappa shape index (κ2) is 6.98. The topological polar surface area (TPSA) is 66.4 Å². The molecule has 1 unspecified atom stereocenters. The molecule has 4 nitrogen and oxygen atoms in total. The molecule has 0 spiro atoms. The zero-order valence-electron chi connectivity index (χ0n) is 12.4. The number of amides is 1. The molecule has 0 aliphatic carbocycles. The minimum absolute atomic E-state index is 0.0559. The summed E-state index contributed by atoms with van der Waals surface area (Å²) in [5.74, 6) is 0.733. The molecule has 2 N–H and O–H groups in total. The molecule has 1 aromatic carbocycles. The second-order valence-electron chi connectivity index (χ2n) is 5.51. The number of hydrogen-bond acceptors (Lipinski definition) is 3. The van der Waals surface area contributed by atoms with Crippen LogP contribution in [0.25, 0.3) is 0 Å². The van der Waals surface area contributed by atoms with Crippen LogP contribution in [0.2, 0.25) is 0 Å². The molecule has 5 heteroatoms. The van der Waals surface area contributed by atoms with E-state index < -0.39 is 12.0 Å². The van der Waals surface area contributed by atoms with Crippen molar-refractivity contribution < 1.29 is 14.7 Å². The van der Waals surface area contributed by atoms with Crippen LogP contribution in [0.3, 0.4) is 0 Å². The van der Waals surface area contributed by atoms with Crippen LogP contribution in [-0.4, -0.2) is 28.5 Å². The molecule has 1 aliphatic heterocycles. The van der Waals surface area contributed by atoms with Gasteiger partial charge in [-0.1, -0.05) is 18.2 Å². The Morgan fingerprint density at radius 2 is 1.90 bits per heavy atom. The third-order valence-corrected chi connectivity index (χ3v) is 5.04. The highest BCUT2D eigenvalue weighted by atomic mass is 32.2. The third-order valence-electron chi connectivity index (χ3n) is 3.99. The van der Waals surface area contributed by atoms with E-state index in [1.807, 2.05) is 37.7 Å². The Morgan fingerprint density at radius 3 is 2.48 bits per heavy atom. The zero-order chi connectivity index (χ0) is 15.4. The van der Waals surface area contributed by atoms with Crippen LogP contribution in [0, 0.1) is 19.8 Å². The average Bonchev–Trinajstić information content (AvgIpc) is 2.48. The maximum Gasteiger partial charge on any atom is 0.330 e. The molecule has 0 aromatic heterocycles. The monoisotopic (exact) mass is 307 g/mol.